The van der Waals surface area contributed by atoms with E-state index in [1.807, 2.05) is 0 Å². The van der Waals surface area contributed by atoms with Crippen LogP contribution in [0.4, 0.5) is 0 Å². The van der Waals surface area contributed by atoms with Crippen LogP contribution in [0.2, 0.25) is 0 Å². The number of benzene rings is 3. The van der Waals surface area contributed by atoms with Crippen molar-refractivity contribution in [2.24, 2.45) is 5.92 Å². The van der Waals surface area contributed by atoms with Crippen LogP contribution in [0.25, 0.3) is 0 Å². The number of hydrogen-bond donors (Lipinski definition) is 0. The van der Waals surface area contributed by atoms with Gasteiger partial charge in [0, 0.05) is 0 Å². The van der Waals surface area contributed by atoms with Crippen molar-refractivity contribution < 1.29 is 0 Å². The molecule has 1 aliphatic carbocycles. The summed E-state index contributed by atoms with van der Waals surface area (Å²) in [5.74, 6) is 0.694. The van der Waals surface area contributed by atoms with Crippen molar-refractivity contribution in [3.8, 4) is 0 Å². The second-order valence-corrected chi connectivity index (χ2v) is 9.90. The van der Waals surface area contributed by atoms with Gasteiger partial charge in [-0.25, -0.2) is 0 Å². The fourth-order valence-corrected chi connectivity index (χ4v) is 6.05. The van der Waals surface area contributed by atoms with Crippen LogP contribution in [-0.2, 0) is 0 Å². The van der Waals surface area contributed by atoms with E-state index in [9.17, 15) is 0 Å². The van der Waals surface area contributed by atoms with Crippen LogP contribution >= 0.6 is 7.92 Å². The Morgan fingerprint density at radius 2 is 0.759 bits per heavy atom. The third-order valence-corrected chi connectivity index (χ3v) is 8.53. The molecular formula is C28H31P. The summed E-state index contributed by atoms with van der Waals surface area (Å²) in [6, 6.07) is 32.3. The highest BCUT2D eigenvalue weighted by Crippen LogP contribution is 2.35. The average molecular weight is 399 g/mol. The Balaban J connectivity index is 0.000000204. The van der Waals surface area contributed by atoms with Gasteiger partial charge >= 0.3 is 0 Å². The normalized spacial score (nSPS) is 14.3. The largest absolute Gasteiger partial charge is 0.0632 e. The lowest BCUT2D eigenvalue weighted by Gasteiger charge is -2.18. The van der Waals surface area contributed by atoms with Crippen LogP contribution in [0.3, 0.4) is 0 Å². The fourth-order valence-electron chi connectivity index (χ4n) is 3.74. The second kappa shape index (κ2) is 9.86. The van der Waals surface area contributed by atoms with Gasteiger partial charge in [0.2, 0.25) is 0 Å². The van der Waals surface area contributed by atoms with E-state index in [1.165, 1.54) is 27.1 Å². The maximum atomic E-state index is 2.28. The van der Waals surface area contributed by atoms with Gasteiger partial charge in [-0.3, -0.25) is 0 Å². The molecule has 0 unspecified atom stereocenters. The first-order valence-corrected chi connectivity index (χ1v) is 11.6. The summed E-state index contributed by atoms with van der Waals surface area (Å²) in [6.07, 6.45) is 0. The van der Waals surface area contributed by atoms with Gasteiger partial charge < -0.3 is 0 Å². The molecule has 4 rings (SSSR count). The van der Waals surface area contributed by atoms with Crippen LogP contribution in [0.15, 0.2) is 113 Å². The van der Waals surface area contributed by atoms with Crippen LogP contribution in [0, 0.1) is 5.92 Å². The summed E-state index contributed by atoms with van der Waals surface area (Å²) < 4.78 is 0. The molecule has 0 bridgehead atoms. The van der Waals surface area contributed by atoms with Crippen molar-refractivity contribution in [2.75, 3.05) is 0 Å². The van der Waals surface area contributed by atoms with Gasteiger partial charge in [-0.15, -0.1) is 0 Å². The highest BCUT2D eigenvalue weighted by molar-refractivity contribution is 7.79. The van der Waals surface area contributed by atoms with Gasteiger partial charge in [0.05, 0.1) is 0 Å². The standard InChI is InChI=1S/C18H15P.C10H16/c1-4-10-16(11-5-1)19(17-12-6-2-7-13-17)18-14-8-3-9-15-18;1-6-7(2)9(4)10(5)8(6)3/h1-15H;6H,1-5H3. The van der Waals surface area contributed by atoms with E-state index in [-0.39, 0.29) is 0 Å². The Morgan fingerprint density at radius 1 is 0.483 bits per heavy atom. The molecule has 0 saturated carbocycles. The first kappa shape index (κ1) is 21.3. The van der Waals surface area contributed by atoms with Crippen LogP contribution in [0.5, 0.6) is 0 Å². The minimum absolute atomic E-state index is 0.446. The first-order valence-electron chi connectivity index (χ1n) is 10.3. The lowest BCUT2D eigenvalue weighted by atomic mass is 10.00. The predicted octanol–water partition coefficient (Wildman–Crippen LogP) is 6.75. The van der Waals surface area contributed by atoms with Gasteiger partial charge in [0.25, 0.3) is 0 Å². The number of hydrogen-bond acceptors (Lipinski definition) is 0. The molecule has 1 heteroatoms. The summed E-state index contributed by atoms with van der Waals surface area (Å²) in [5.41, 5.74) is 6.11. The zero-order valence-electron chi connectivity index (χ0n) is 18.2. The Kier molecular flexibility index (Phi) is 7.24. The van der Waals surface area contributed by atoms with Gasteiger partial charge in [0.15, 0.2) is 0 Å². The minimum atomic E-state index is -0.446. The Morgan fingerprint density at radius 3 is 0.966 bits per heavy atom. The lowest BCUT2D eigenvalue weighted by molar-refractivity contribution is 0.815. The zero-order chi connectivity index (χ0) is 20.8. The molecule has 0 heterocycles. The van der Waals surface area contributed by atoms with E-state index in [4.69, 9.17) is 0 Å². The first-order chi connectivity index (χ1) is 14.0. The van der Waals surface area contributed by atoms with E-state index < -0.39 is 7.92 Å². The van der Waals surface area contributed by atoms with E-state index in [2.05, 4.69) is 126 Å². The molecule has 1 aliphatic rings. The Bertz CT molecular complexity index is 864. The summed E-state index contributed by atoms with van der Waals surface area (Å²) in [4.78, 5) is 0. The topological polar surface area (TPSA) is 0 Å². The highest BCUT2D eigenvalue weighted by Gasteiger charge is 2.19. The number of allylic oxidation sites excluding steroid dienone is 4. The number of rotatable bonds is 3. The zero-order valence-corrected chi connectivity index (χ0v) is 19.1. The summed E-state index contributed by atoms with van der Waals surface area (Å²) in [7, 11) is -0.446. The average Bonchev–Trinajstić information content (AvgIpc) is 2.94. The maximum absolute atomic E-state index is 2.28. The monoisotopic (exact) mass is 398 g/mol. The minimum Gasteiger partial charge on any atom is -0.0632 e. The SMILES string of the molecule is CC1=C(C)C(C)C(C)=C1C.c1ccc(P(c2ccccc2)c2ccccc2)cc1. The third kappa shape index (κ3) is 4.95. The van der Waals surface area contributed by atoms with E-state index in [0.717, 1.165) is 0 Å². The molecule has 0 nitrogen and oxygen atoms in total. The molecule has 0 aromatic heterocycles. The lowest BCUT2D eigenvalue weighted by Crippen LogP contribution is -2.20. The Labute approximate surface area is 177 Å². The van der Waals surface area contributed by atoms with Crippen molar-refractivity contribution >= 4 is 23.8 Å². The van der Waals surface area contributed by atoms with Crippen molar-refractivity contribution in [1.82, 2.24) is 0 Å². The molecule has 0 N–H and O–H groups in total. The van der Waals surface area contributed by atoms with Crippen molar-refractivity contribution in [2.45, 2.75) is 34.6 Å². The van der Waals surface area contributed by atoms with Crippen LogP contribution in [0.1, 0.15) is 34.6 Å². The van der Waals surface area contributed by atoms with Crippen LogP contribution < -0.4 is 15.9 Å². The molecule has 29 heavy (non-hydrogen) atoms. The van der Waals surface area contributed by atoms with E-state index >= 15 is 0 Å². The molecule has 0 spiro atoms. The van der Waals surface area contributed by atoms with Crippen molar-refractivity contribution in [3.63, 3.8) is 0 Å². The molecule has 3 aromatic rings. The summed E-state index contributed by atoms with van der Waals surface area (Å²) in [5, 5.41) is 4.19. The second-order valence-electron chi connectivity index (χ2n) is 7.68. The molecule has 148 valence electrons. The van der Waals surface area contributed by atoms with Gasteiger partial charge in [-0.05, 0) is 68.6 Å². The fraction of sp³-hybridized carbons (Fsp3) is 0.214. The molecule has 0 amide bonds. The molecular weight excluding hydrogens is 367 g/mol. The van der Waals surface area contributed by atoms with Crippen LogP contribution in [-0.4, -0.2) is 0 Å². The van der Waals surface area contributed by atoms with E-state index in [0.29, 0.717) is 5.92 Å². The Hall–Kier alpha value is -2.43. The van der Waals surface area contributed by atoms with Crippen molar-refractivity contribution in [1.29, 1.82) is 0 Å². The van der Waals surface area contributed by atoms with Gasteiger partial charge in [0.1, 0.15) is 0 Å². The maximum Gasteiger partial charge on any atom is -0.00153 e. The third-order valence-electron chi connectivity index (χ3n) is 6.09. The molecule has 0 fully saturated rings. The molecule has 0 aliphatic heterocycles. The molecule has 0 radical (unpaired) electrons. The predicted molar refractivity (Wildman–Crippen MR) is 131 cm³/mol. The summed E-state index contributed by atoms with van der Waals surface area (Å²) >= 11 is 0. The molecule has 0 atom stereocenters. The molecule has 3 aromatic carbocycles. The van der Waals surface area contributed by atoms with Crippen molar-refractivity contribution in [3.05, 3.63) is 113 Å². The highest BCUT2D eigenvalue weighted by atomic mass is 31.1. The van der Waals surface area contributed by atoms with E-state index in [1.54, 1.807) is 11.1 Å². The quantitative estimate of drug-likeness (QED) is 0.428. The van der Waals surface area contributed by atoms with Gasteiger partial charge in [-0.1, -0.05) is 109 Å². The smallest absolute Gasteiger partial charge is 0.00153 e. The summed E-state index contributed by atoms with van der Waals surface area (Å²) in [6.45, 7) is 11.2. The van der Waals surface area contributed by atoms with Gasteiger partial charge in [-0.2, -0.15) is 0 Å². The molecule has 0 saturated heterocycles.